The SMILES string of the molecule is NS(=O)(=O)OOS(=O)(=O)N1CCCC1. The fourth-order valence-electron chi connectivity index (χ4n) is 1.03. The summed E-state index contributed by atoms with van der Waals surface area (Å²) in [5, 5.41) is 4.38. The molecule has 0 bridgehead atoms. The molecule has 1 heterocycles. The standard InChI is InChI=1S/C4H10N2O6S2/c5-13(7,8)11-12-14(9,10)6-3-1-2-4-6/h1-4H2,(H2,5,7,8). The Morgan fingerprint density at radius 3 is 1.93 bits per heavy atom. The van der Waals surface area contributed by atoms with E-state index in [2.05, 4.69) is 13.8 Å². The van der Waals surface area contributed by atoms with Gasteiger partial charge in [0.2, 0.25) is 0 Å². The maximum absolute atomic E-state index is 11.1. The monoisotopic (exact) mass is 246 g/mol. The van der Waals surface area contributed by atoms with Crippen LogP contribution in [0.25, 0.3) is 0 Å². The van der Waals surface area contributed by atoms with E-state index >= 15 is 0 Å². The van der Waals surface area contributed by atoms with Gasteiger partial charge in [-0.3, -0.25) is 0 Å². The Labute approximate surface area is 82.0 Å². The fraction of sp³-hybridized carbons (Fsp3) is 1.00. The number of hydrogen-bond acceptors (Lipinski definition) is 6. The van der Waals surface area contributed by atoms with Crippen LogP contribution in [0.1, 0.15) is 12.8 Å². The Balaban J connectivity index is 2.58. The zero-order valence-corrected chi connectivity index (χ0v) is 8.75. The molecular weight excluding hydrogens is 236 g/mol. The minimum Gasteiger partial charge on any atom is -0.203 e. The molecule has 2 N–H and O–H groups in total. The van der Waals surface area contributed by atoms with E-state index in [1.54, 1.807) is 0 Å². The average Bonchev–Trinajstić information content (AvgIpc) is 2.52. The smallest absolute Gasteiger partial charge is 0.203 e. The molecule has 0 aliphatic carbocycles. The van der Waals surface area contributed by atoms with E-state index < -0.39 is 20.6 Å². The number of nitrogens with zero attached hydrogens (tertiary/aromatic N) is 1. The summed E-state index contributed by atoms with van der Waals surface area (Å²) in [5.41, 5.74) is 0. The van der Waals surface area contributed by atoms with Gasteiger partial charge in [0.1, 0.15) is 0 Å². The van der Waals surface area contributed by atoms with Gasteiger partial charge in [-0.1, -0.05) is 8.67 Å². The highest BCUT2D eigenvalue weighted by Gasteiger charge is 2.28. The van der Waals surface area contributed by atoms with Crippen LogP contribution >= 0.6 is 0 Å². The van der Waals surface area contributed by atoms with Crippen LogP contribution < -0.4 is 5.14 Å². The first kappa shape index (κ1) is 11.8. The molecule has 1 aliphatic rings. The molecule has 0 radical (unpaired) electrons. The normalized spacial score (nSPS) is 20.1. The first-order valence-electron chi connectivity index (χ1n) is 3.72. The summed E-state index contributed by atoms with van der Waals surface area (Å²) in [6.45, 7) is 0.576. The molecule has 0 unspecified atom stereocenters. The lowest BCUT2D eigenvalue weighted by atomic mass is 10.4. The first-order valence-corrected chi connectivity index (χ1v) is 6.55. The topological polar surface area (TPSA) is 116 Å². The summed E-state index contributed by atoms with van der Waals surface area (Å²) >= 11 is 0. The Hall–Kier alpha value is -0.260. The Morgan fingerprint density at radius 2 is 1.50 bits per heavy atom. The van der Waals surface area contributed by atoms with Gasteiger partial charge in [0.15, 0.2) is 0 Å². The highest BCUT2D eigenvalue weighted by Crippen LogP contribution is 2.14. The van der Waals surface area contributed by atoms with Crippen molar-refractivity contribution in [1.82, 2.24) is 4.31 Å². The first-order chi connectivity index (χ1) is 6.31. The van der Waals surface area contributed by atoms with Crippen molar-refractivity contribution < 1.29 is 25.5 Å². The second-order valence-electron chi connectivity index (χ2n) is 2.69. The lowest BCUT2D eigenvalue weighted by molar-refractivity contribution is -0.0916. The van der Waals surface area contributed by atoms with Crippen molar-refractivity contribution in [1.29, 1.82) is 0 Å². The average molecular weight is 246 g/mol. The van der Waals surface area contributed by atoms with E-state index in [0.717, 1.165) is 4.31 Å². The van der Waals surface area contributed by atoms with Crippen molar-refractivity contribution in [3.8, 4) is 0 Å². The van der Waals surface area contributed by atoms with E-state index in [4.69, 9.17) is 0 Å². The number of nitrogens with two attached hydrogens (primary N) is 1. The summed E-state index contributed by atoms with van der Waals surface area (Å²) in [7, 11) is -8.56. The summed E-state index contributed by atoms with van der Waals surface area (Å²) in [6, 6.07) is 0. The van der Waals surface area contributed by atoms with Gasteiger partial charge in [0.05, 0.1) is 0 Å². The molecule has 0 saturated carbocycles. The third-order valence-corrected chi connectivity index (χ3v) is 3.17. The van der Waals surface area contributed by atoms with Crippen LogP contribution in [0.5, 0.6) is 0 Å². The van der Waals surface area contributed by atoms with Crippen molar-refractivity contribution in [2.24, 2.45) is 5.14 Å². The van der Waals surface area contributed by atoms with E-state index in [9.17, 15) is 16.8 Å². The minimum atomic E-state index is -4.41. The second kappa shape index (κ2) is 4.08. The molecule has 0 amide bonds. The number of hydrogen-bond donors (Lipinski definition) is 1. The highest BCUT2D eigenvalue weighted by molar-refractivity contribution is 7.86. The summed E-state index contributed by atoms with van der Waals surface area (Å²) in [5.74, 6) is 0. The van der Waals surface area contributed by atoms with Crippen LogP contribution in [0.3, 0.4) is 0 Å². The van der Waals surface area contributed by atoms with E-state index in [1.807, 2.05) is 0 Å². The maximum atomic E-state index is 11.1. The zero-order valence-electron chi connectivity index (χ0n) is 7.12. The molecule has 0 aromatic rings. The molecule has 0 spiro atoms. The van der Waals surface area contributed by atoms with Crippen LogP contribution in [-0.4, -0.2) is 34.2 Å². The van der Waals surface area contributed by atoms with Crippen molar-refractivity contribution in [2.45, 2.75) is 12.8 Å². The quantitative estimate of drug-likeness (QED) is 0.475. The summed E-state index contributed by atoms with van der Waals surface area (Å²) in [6.07, 6.45) is 1.41. The van der Waals surface area contributed by atoms with Gasteiger partial charge in [-0.25, -0.2) is 5.14 Å². The van der Waals surface area contributed by atoms with Crippen molar-refractivity contribution in [3.05, 3.63) is 0 Å². The predicted molar refractivity (Wildman–Crippen MR) is 45.0 cm³/mol. The lowest BCUT2D eigenvalue weighted by Gasteiger charge is -2.12. The molecule has 1 aliphatic heterocycles. The molecule has 10 heteroatoms. The van der Waals surface area contributed by atoms with Gasteiger partial charge in [-0.2, -0.15) is 21.1 Å². The molecule has 0 atom stereocenters. The lowest BCUT2D eigenvalue weighted by Crippen LogP contribution is -2.31. The van der Waals surface area contributed by atoms with Gasteiger partial charge in [-0.05, 0) is 12.8 Å². The van der Waals surface area contributed by atoms with Gasteiger partial charge in [0.25, 0.3) is 0 Å². The maximum Gasteiger partial charge on any atom is 0.365 e. The second-order valence-corrected chi connectivity index (χ2v) is 5.32. The van der Waals surface area contributed by atoms with Gasteiger partial charge in [0, 0.05) is 13.1 Å². The Morgan fingerprint density at radius 1 is 1.00 bits per heavy atom. The molecule has 84 valence electrons. The largest absolute Gasteiger partial charge is 0.365 e. The molecule has 8 nitrogen and oxygen atoms in total. The van der Waals surface area contributed by atoms with Crippen LogP contribution in [0, 0.1) is 0 Å². The third kappa shape index (κ3) is 3.48. The van der Waals surface area contributed by atoms with E-state index in [0.29, 0.717) is 12.8 Å². The van der Waals surface area contributed by atoms with Crippen molar-refractivity contribution >= 4 is 20.6 Å². The van der Waals surface area contributed by atoms with Crippen LogP contribution in [-0.2, 0) is 29.3 Å². The van der Waals surface area contributed by atoms with E-state index in [-0.39, 0.29) is 13.1 Å². The van der Waals surface area contributed by atoms with Gasteiger partial charge >= 0.3 is 20.6 Å². The van der Waals surface area contributed by atoms with Crippen molar-refractivity contribution in [2.75, 3.05) is 13.1 Å². The predicted octanol–water partition coefficient (Wildman–Crippen LogP) is -1.52. The molecule has 0 aromatic carbocycles. The van der Waals surface area contributed by atoms with Gasteiger partial charge in [-0.15, -0.1) is 0 Å². The highest BCUT2D eigenvalue weighted by atomic mass is 32.3. The summed E-state index contributed by atoms with van der Waals surface area (Å²) in [4.78, 5) is 0. The van der Waals surface area contributed by atoms with Crippen LogP contribution in [0.15, 0.2) is 0 Å². The van der Waals surface area contributed by atoms with E-state index in [1.165, 1.54) is 0 Å². The molecule has 1 saturated heterocycles. The number of rotatable bonds is 4. The van der Waals surface area contributed by atoms with Gasteiger partial charge < -0.3 is 0 Å². The van der Waals surface area contributed by atoms with Crippen LogP contribution in [0.4, 0.5) is 0 Å². The molecule has 1 rings (SSSR count). The summed E-state index contributed by atoms with van der Waals surface area (Å²) < 4.78 is 51.0. The third-order valence-electron chi connectivity index (χ3n) is 1.59. The zero-order chi connectivity index (χ0) is 10.8. The van der Waals surface area contributed by atoms with Crippen molar-refractivity contribution in [3.63, 3.8) is 0 Å². The molecule has 0 aromatic heterocycles. The molecule has 14 heavy (non-hydrogen) atoms. The Bertz CT molecular complexity index is 380. The van der Waals surface area contributed by atoms with Crippen LogP contribution in [0.2, 0.25) is 0 Å². The molecule has 1 fully saturated rings. The Kier molecular flexibility index (Phi) is 3.44. The molecular formula is C4H10N2O6S2. The minimum absolute atomic E-state index is 0.288. The fourth-order valence-corrected chi connectivity index (χ4v) is 2.41.